The molecule has 1 aromatic carbocycles. The number of aliphatic hydroxyl groups excluding tert-OH is 1. The molecule has 2 heterocycles. The van der Waals surface area contributed by atoms with E-state index in [0.29, 0.717) is 23.9 Å². The van der Waals surface area contributed by atoms with E-state index in [-0.39, 0.29) is 35.0 Å². The number of fused-ring (bicyclic) bond motifs is 1. The van der Waals surface area contributed by atoms with Crippen LogP contribution in [0.5, 0.6) is 0 Å². The molecule has 0 radical (unpaired) electrons. The zero-order valence-corrected chi connectivity index (χ0v) is 16.8. The number of rotatable bonds is 4. The Balaban J connectivity index is 1.72. The van der Waals surface area contributed by atoms with Crippen LogP contribution in [-0.4, -0.2) is 32.2 Å². The second-order valence-corrected chi connectivity index (χ2v) is 7.82. The van der Waals surface area contributed by atoms with Crippen molar-refractivity contribution >= 4 is 28.4 Å². The van der Waals surface area contributed by atoms with E-state index in [4.69, 9.17) is 0 Å². The van der Waals surface area contributed by atoms with Crippen molar-refractivity contribution in [2.24, 2.45) is 0 Å². The van der Waals surface area contributed by atoms with E-state index in [1.807, 2.05) is 0 Å². The molecule has 0 aliphatic heterocycles. The van der Waals surface area contributed by atoms with Gasteiger partial charge in [-0.1, -0.05) is 0 Å². The lowest BCUT2D eigenvalue weighted by Crippen LogP contribution is -2.29. The topological polar surface area (TPSA) is 103 Å². The maximum Gasteiger partial charge on any atom is 0.416 e. The Kier molecular flexibility index (Phi) is 5.57. The summed E-state index contributed by atoms with van der Waals surface area (Å²) < 4.78 is 39.7. The molecular formula is C21H22F3N5O2. The predicted molar refractivity (Wildman–Crippen MR) is 112 cm³/mol. The molecule has 10 heteroatoms. The number of nitrogens with zero attached hydrogens (tertiary/aromatic N) is 2. The monoisotopic (exact) mass is 433 g/mol. The van der Waals surface area contributed by atoms with Crippen LogP contribution >= 0.6 is 0 Å². The summed E-state index contributed by atoms with van der Waals surface area (Å²) in [7, 11) is 0. The van der Waals surface area contributed by atoms with Gasteiger partial charge in [0.15, 0.2) is 0 Å². The van der Waals surface area contributed by atoms with E-state index < -0.39 is 17.3 Å². The van der Waals surface area contributed by atoms with Crippen LogP contribution in [0.15, 0.2) is 35.3 Å². The third kappa shape index (κ3) is 4.79. The van der Waals surface area contributed by atoms with Crippen molar-refractivity contribution in [2.75, 3.05) is 10.6 Å². The number of aromatic nitrogens is 3. The molecule has 1 saturated carbocycles. The second-order valence-electron chi connectivity index (χ2n) is 7.82. The molecule has 3 aromatic rings. The first-order valence-corrected chi connectivity index (χ1v) is 9.99. The average molecular weight is 433 g/mol. The van der Waals surface area contributed by atoms with Crippen molar-refractivity contribution < 1.29 is 18.3 Å². The van der Waals surface area contributed by atoms with Crippen molar-refractivity contribution in [3.63, 3.8) is 0 Å². The maximum absolute atomic E-state index is 13.2. The Morgan fingerprint density at radius 1 is 1.13 bits per heavy atom. The zero-order chi connectivity index (χ0) is 22.2. The Labute approximate surface area is 175 Å². The summed E-state index contributed by atoms with van der Waals surface area (Å²) in [5.74, 6) is 0.384. The van der Waals surface area contributed by atoms with Gasteiger partial charge in [-0.2, -0.15) is 18.2 Å². The minimum atomic E-state index is -4.49. The fourth-order valence-corrected chi connectivity index (χ4v) is 3.80. The van der Waals surface area contributed by atoms with Crippen LogP contribution in [0.2, 0.25) is 0 Å². The molecule has 0 saturated heterocycles. The summed E-state index contributed by atoms with van der Waals surface area (Å²) >= 11 is 0. The molecule has 1 fully saturated rings. The number of alkyl halides is 3. The molecule has 7 nitrogen and oxygen atoms in total. The molecule has 31 heavy (non-hydrogen) atoms. The number of benzene rings is 1. The summed E-state index contributed by atoms with van der Waals surface area (Å²) in [6.07, 6.45) is -0.529. The van der Waals surface area contributed by atoms with Crippen molar-refractivity contribution in [2.45, 2.75) is 50.9 Å². The highest BCUT2D eigenvalue weighted by Crippen LogP contribution is 2.33. The van der Waals surface area contributed by atoms with Gasteiger partial charge in [0.25, 0.3) is 5.56 Å². The first kappa shape index (κ1) is 21.1. The van der Waals surface area contributed by atoms with E-state index >= 15 is 0 Å². The van der Waals surface area contributed by atoms with Gasteiger partial charge < -0.3 is 20.7 Å². The van der Waals surface area contributed by atoms with Crippen LogP contribution in [0, 0.1) is 6.92 Å². The predicted octanol–water partition coefficient (Wildman–Crippen LogP) is 4.10. The number of pyridine rings is 1. The van der Waals surface area contributed by atoms with Gasteiger partial charge >= 0.3 is 6.18 Å². The van der Waals surface area contributed by atoms with E-state index in [9.17, 15) is 23.1 Å². The van der Waals surface area contributed by atoms with Gasteiger partial charge in [-0.05, 0) is 62.4 Å². The van der Waals surface area contributed by atoms with Crippen molar-refractivity contribution in [1.82, 2.24) is 15.0 Å². The smallest absolute Gasteiger partial charge is 0.393 e. The van der Waals surface area contributed by atoms with Gasteiger partial charge in [0, 0.05) is 17.9 Å². The Hall–Kier alpha value is -3.14. The van der Waals surface area contributed by atoms with Gasteiger partial charge in [-0.25, -0.2) is 4.98 Å². The fourth-order valence-electron chi connectivity index (χ4n) is 3.80. The fraction of sp³-hybridized carbons (Fsp3) is 0.381. The van der Waals surface area contributed by atoms with Crippen LogP contribution in [-0.2, 0) is 6.18 Å². The molecular weight excluding hydrogens is 411 g/mol. The normalized spacial score (nSPS) is 19.4. The van der Waals surface area contributed by atoms with Gasteiger partial charge in [0.2, 0.25) is 5.95 Å². The largest absolute Gasteiger partial charge is 0.416 e. The lowest BCUT2D eigenvalue weighted by Gasteiger charge is -2.26. The number of aliphatic hydroxyl groups is 1. The summed E-state index contributed by atoms with van der Waals surface area (Å²) in [6.45, 7) is 1.57. The standard InChI is InChI=1S/C21H22F3N5O2/c1-11-8-12(21(22,23)24)10-14(9-11)26-18-17-16(6-7-25-19(17)31)28-20(29-18)27-13-2-4-15(30)5-3-13/h6-10,13,15,30H,2-5H2,1H3,(H,25,31)(H2,26,27,28,29). The highest BCUT2D eigenvalue weighted by atomic mass is 19.4. The highest BCUT2D eigenvalue weighted by molar-refractivity contribution is 5.91. The van der Waals surface area contributed by atoms with Crippen molar-refractivity contribution in [3.05, 3.63) is 51.9 Å². The van der Waals surface area contributed by atoms with Gasteiger partial charge in [-0.3, -0.25) is 4.79 Å². The first-order chi connectivity index (χ1) is 14.7. The van der Waals surface area contributed by atoms with Gasteiger partial charge in [0.1, 0.15) is 11.2 Å². The number of H-pyrrole nitrogens is 1. The molecule has 0 bridgehead atoms. The molecule has 4 rings (SSSR count). The van der Waals surface area contributed by atoms with Gasteiger partial charge in [0.05, 0.1) is 17.2 Å². The number of halogens is 3. The number of anilines is 3. The lowest BCUT2D eigenvalue weighted by molar-refractivity contribution is -0.137. The molecule has 1 aliphatic carbocycles. The van der Waals surface area contributed by atoms with Crippen molar-refractivity contribution in [3.8, 4) is 0 Å². The molecule has 164 valence electrons. The molecule has 0 amide bonds. The van der Waals surface area contributed by atoms with E-state index in [1.165, 1.54) is 6.20 Å². The minimum absolute atomic E-state index is 0.0616. The molecule has 0 spiro atoms. The number of nitrogens with one attached hydrogen (secondary N) is 3. The number of aryl methyl sites for hydroxylation is 1. The summed E-state index contributed by atoms with van der Waals surface area (Å²) in [5.41, 5.74) is -0.285. The third-order valence-corrected chi connectivity index (χ3v) is 5.32. The Bertz CT molecular complexity index is 1150. The highest BCUT2D eigenvalue weighted by Gasteiger charge is 2.31. The third-order valence-electron chi connectivity index (χ3n) is 5.32. The van der Waals surface area contributed by atoms with Crippen LogP contribution in [0.3, 0.4) is 0 Å². The molecule has 0 unspecified atom stereocenters. The Morgan fingerprint density at radius 3 is 2.58 bits per heavy atom. The zero-order valence-electron chi connectivity index (χ0n) is 16.8. The van der Waals surface area contributed by atoms with E-state index in [2.05, 4.69) is 25.6 Å². The lowest BCUT2D eigenvalue weighted by atomic mass is 9.93. The number of hydrogen-bond acceptors (Lipinski definition) is 6. The van der Waals surface area contributed by atoms with Crippen LogP contribution in [0.1, 0.15) is 36.8 Å². The molecule has 1 aliphatic rings. The van der Waals surface area contributed by atoms with Crippen LogP contribution in [0.4, 0.5) is 30.6 Å². The number of hydrogen-bond donors (Lipinski definition) is 4. The second kappa shape index (κ2) is 8.18. The summed E-state index contributed by atoms with van der Waals surface area (Å²) in [6, 6.07) is 5.26. The summed E-state index contributed by atoms with van der Waals surface area (Å²) in [4.78, 5) is 23.8. The SMILES string of the molecule is Cc1cc(Nc2nc(NC3CCC(O)CC3)nc3cc[nH]c(=O)c23)cc(C(F)(F)F)c1. The quantitative estimate of drug-likeness (QED) is 0.494. The minimum Gasteiger partial charge on any atom is -0.393 e. The first-order valence-electron chi connectivity index (χ1n) is 9.99. The van der Waals surface area contributed by atoms with E-state index in [0.717, 1.165) is 25.0 Å². The number of aromatic amines is 1. The van der Waals surface area contributed by atoms with Crippen LogP contribution < -0.4 is 16.2 Å². The maximum atomic E-state index is 13.2. The van der Waals surface area contributed by atoms with E-state index in [1.54, 1.807) is 19.1 Å². The Morgan fingerprint density at radius 2 is 1.87 bits per heavy atom. The molecule has 2 aromatic heterocycles. The summed E-state index contributed by atoms with van der Waals surface area (Å²) in [5, 5.41) is 15.9. The van der Waals surface area contributed by atoms with Crippen LogP contribution in [0.25, 0.3) is 10.9 Å². The average Bonchev–Trinajstić information content (AvgIpc) is 2.68. The van der Waals surface area contributed by atoms with Crippen molar-refractivity contribution in [1.29, 1.82) is 0 Å². The molecule has 0 atom stereocenters. The molecule has 4 N–H and O–H groups in total. The van der Waals surface area contributed by atoms with Gasteiger partial charge in [-0.15, -0.1) is 0 Å².